The predicted octanol–water partition coefficient (Wildman–Crippen LogP) is 3.07. The molecule has 0 saturated carbocycles. The summed E-state index contributed by atoms with van der Waals surface area (Å²) in [6.45, 7) is 1.16. The van der Waals surface area contributed by atoms with Gasteiger partial charge in [0.05, 0.1) is 15.8 Å². The Morgan fingerprint density at radius 3 is 2.59 bits per heavy atom. The standard InChI is InChI=1S/C14H18Cl2N2O2S.ClH/c15-13-4-1-10(7-14(13)16)9-21(19,20)18-6-5-11-2-3-12(8-18)17-11;/h1,4,7,11-12,17H,2-3,5-6,8-9H2;1H. The van der Waals surface area contributed by atoms with Gasteiger partial charge < -0.3 is 5.32 Å². The Morgan fingerprint density at radius 2 is 1.86 bits per heavy atom. The summed E-state index contributed by atoms with van der Waals surface area (Å²) >= 11 is 11.8. The smallest absolute Gasteiger partial charge is 0.218 e. The van der Waals surface area contributed by atoms with E-state index in [2.05, 4.69) is 5.32 Å². The lowest BCUT2D eigenvalue weighted by Crippen LogP contribution is -2.39. The molecular formula is C14H19Cl3N2O2S. The first-order valence-electron chi connectivity index (χ1n) is 7.12. The largest absolute Gasteiger partial charge is 0.310 e. The monoisotopic (exact) mass is 384 g/mol. The van der Waals surface area contributed by atoms with E-state index in [1.165, 1.54) is 0 Å². The Labute approximate surface area is 147 Å². The Morgan fingerprint density at radius 1 is 1.14 bits per heavy atom. The highest BCUT2D eigenvalue weighted by atomic mass is 35.5. The number of benzene rings is 1. The van der Waals surface area contributed by atoms with Gasteiger partial charge in [0, 0.05) is 25.2 Å². The third-order valence-electron chi connectivity index (χ3n) is 4.21. The Kier molecular flexibility index (Phi) is 6.02. The summed E-state index contributed by atoms with van der Waals surface area (Å²) in [6, 6.07) is 5.75. The molecule has 2 aliphatic heterocycles. The van der Waals surface area contributed by atoms with Crippen molar-refractivity contribution in [1.82, 2.24) is 9.62 Å². The van der Waals surface area contributed by atoms with Crippen LogP contribution in [0.1, 0.15) is 24.8 Å². The summed E-state index contributed by atoms with van der Waals surface area (Å²) in [6.07, 6.45) is 3.10. The number of fused-ring (bicyclic) bond motifs is 2. The Balaban J connectivity index is 0.00000176. The fraction of sp³-hybridized carbons (Fsp3) is 0.571. The summed E-state index contributed by atoms with van der Waals surface area (Å²) in [7, 11) is -3.32. The van der Waals surface area contributed by atoms with Crippen molar-refractivity contribution < 1.29 is 8.42 Å². The molecule has 0 spiro atoms. The third-order valence-corrected chi connectivity index (χ3v) is 6.77. The number of hydrogen-bond donors (Lipinski definition) is 1. The van der Waals surface area contributed by atoms with Crippen LogP contribution >= 0.6 is 35.6 Å². The molecular weight excluding hydrogens is 367 g/mol. The zero-order chi connectivity index (χ0) is 15.0. The van der Waals surface area contributed by atoms with Gasteiger partial charge in [-0.2, -0.15) is 0 Å². The fourth-order valence-corrected chi connectivity index (χ4v) is 4.99. The number of halogens is 3. The van der Waals surface area contributed by atoms with Crippen molar-refractivity contribution in [3.05, 3.63) is 33.8 Å². The van der Waals surface area contributed by atoms with Crippen molar-refractivity contribution in [2.24, 2.45) is 0 Å². The zero-order valence-corrected chi connectivity index (χ0v) is 15.1. The molecule has 22 heavy (non-hydrogen) atoms. The first-order valence-corrected chi connectivity index (χ1v) is 9.48. The van der Waals surface area contributed by atoms with Crippen LogP contribution in [-0.2, 0) is 15.8 Å². The van der Waals surface area contributed by atoms with Crippen molar-refractivity contribution in [3.8, 4) is 0 Å². The van der Waals surface area contributed by atoms with Crippen LogP contribution in [0, 0.1) is 0 Å². The van der Waals surface area contributed by atoms with Crippen molar-refractivity contribution >= 4 is 45.6 Å². The molecule has 0 amide bonds. The maximum atomic E-state index is 12.6. The maximum absolute atomic E-state index is 12.6. The fourth-order valence-electron chi connectivity index (χ4n) is 3.09. The molecule has 1 N–H and O–H groups in total. The van der Waals surface area contributed by atoms with Gasteiger partial charge in [-0.25, -0.2) is 12.7 Å². The molecule has 2 atom stereocenters. The Bertz CT molecular complexity index is 639. The zero-order valence-electron chi connectivity index (χ0n) is 12.0. The molecule has 2 fully saturated rings. The highest BCUT2D eigenvalue weighted by Gasteiger charge is 2.34. The molecule has 8 heteroatoms. The van der Waals surface area contributed by atoms with E-state index >= 15 is 0 Å². The van der Waals surface area contributed by atoms with Crippen LogP contribution in [0.25, 0.3) is 0 Å². The highest BCUT2D eigenvalue weighted by molar-refractivity contribution is 7.88. The van der Waals surface area contributed by atoms with Crippen LogP contribution in [0.15, 0.2) is 18.2 Å². The van der Waals surface area contributed by atoms with Crippen LogP contribution in [0.3, 0.4) is 0 Å². The van der Waals surface area contributed by atoms with Crippen molar-refractivity contribution in [1.29, 1.82) is 0 Å². The minimum atomic E-state index is -3.32. The second kappa shape index (κ2) is 7.24. The number of nitrogens with zero attached hydrogens (tertiary/aromatic N) is 1. The van der Waals surface area contributed by atoms with Crippen LogP contribution in [0.2, 0.25) is 10.0 Å². The summed E-state index contributed by atoms with van der Waals surface area (Å²) in [5, 5.41) is 4.32. The van der Waals surface area contributed by atoms with E-state index in [1.807, 2.05) is 0 Å². The number of nitrogens with one attached hydrogen (secondary N) is 1. The quantitative estimate of drug-likeness (QED) is 0.870. The molecule has 1 aromatic rings. The van der Waals surface area contributed by atoms with Gasteiger partial charge in [-0.05, 0) is 37.0 Å². The number of hydrogen-bond acceptors (Lipinski definition) is 3. The van der Waals surface area contributed by atoms with Crippen LogP contribution in [-0.4, -0.2) is 37.9 Å². The molecule has 2 unspecified atom stereocenters. The lowest BCUT2D eigenvalue weighted by Gasteiger charge is -2.23. The van der Waals surface area contributed by atoms with Gasteiger partial charge in [0.25, 0.3) is 0 Å². The van der Waals surface area contributed by atoms with Gasteiger partial charge in [-0.3, -0.25) is 0 Å². The van der Waals surface area contributed by atoms with E-state index in [-0.39, 0.29) is 18.2 Å². The minimum absolute atomic E-state index is 0. The summed E-state index contributed by atoms with van der Waals surface area (Å²) in [4.78, 5) is 0. The van der Waals surface area contributed by atoms with Gasteiger partial charge in [0.1, 0.15) is 0 Å². The molecule has 0 aliphatic carbocycles. The SMILES string of the molecule is Cl.O=S(=O)(Cc1ccc(Cl)c(Cl)c1)N1CCC2CCC(C1)N2. The van der Waals surface area contributed by atoms with Gasteiger partial charge in [-0.15, -0.1) is 12.4 Å². The van der Waals surface area contributed by atoms with E-state index < -0.39 is 10.0 Å². The molecule has 2 saturated heterocycles. The Hall–Kier alpha value is -0.0400. The average molecular weight is 386 g/mol. The van der Waals surface area contributed by atoms with Crippen molar-refractivity contribution in [3.63, 3.8) is 0 Å². The summed E-state index contributed by atoms with van der Waals surface area (Å²) in [5.74, 6) is -0.0265. The minimum Gasteiger partial charge on any atom is -0.310 e. The van der Waals surface area contributed by atoms with E-state index in [0.717, 1.165) is 19.3 Å². The van der Waals surface area contributed by atoms with E-state index in [4.69, 9.17) is 23.2 Å². The molecule has 124 valence electrons. The average Bonchev–Trinajstić information content (AvgIpc) is 2.72. The molecule has 0 aromatic heterocycles. The van der Waals surface area contributed by atoms with Gasteiger partial charge >= 0.3 is 0 Å². The lowest BCUT2D eigenvalue weighted by atomic mass is 10.1. The number of sulfonamides is 1. The van der Waals surface area contributed by atoms with Gasteiger partial charge in [0.2, 0.25) is 10.0 Å². The summed E-state index contributed by atoms with van der Waals surface area (Å²) in [5.41, 5.74) is 0.673. The molecule has 4 nitrogen and oxygen atoms in total. The summed E-state index contributed by atoms with van der Waals surface area (Å²) < 4.78 is 26.8. The van der Waals surface area contributed by atoms with Gasteiger partial charge in [0.15, 0.2) is 0 Å². The molecule has 2 aliphatic rings. The van der Waals surface area contributed by atoms with Crippen molar-refractivity contribution in [2.45, 2.75) is 37.1 Å². The van der Waals surface area contributed by atoms with Crippen LogP contribution in [0.4, 0.5) is 0 Å². The second-order valence-corrected chi connectivity index (χ2v) is 8.57. The molecule has 2 bridgehead atoms. The predicted molar refractivity (Wildman–Crippen MR) is 92.5 cm³/mol. The highest BCUT2D eigenvalue weighted by Crippen LogP contribution is 2.26. The van der Waals surface area contributed by atoms with Crippen LogP contribution in [0.5, 0.6) is 0 Å². The van der Waals surface area contributed by atoms with Crippen LogP contribution < -0.4 is 5.32 Å². The molecule has 1 aromatic carbocycles. The first kappa shape index (κ1) is 18.3. The second-order valence-electron chi connectivity index (χ2n) is 5.79. The normalized spacial score (nSPS) is 25.5. The van der Waals surface area contributed by atoms with Gasteiger partial charge in [-0.1, -0.05) is 29.3 Å². The van der Waals surface area contributed by atoms with Crippen molar-refractivity contribution in [2.75, 3.05) is 13.1 Å². The van der Waals surface area contributed by atoms with E-state index in [9.17, 15) is 8.42 Å². The molecule has 0 radical (unpaired) electrons. The van der Waals surface area contributed by atoms with E-state index in [0.29, 0.717) is 40.8 Å². The molecule has 3 rings (SSSR count). The maximum Gasteiger partial charge on any atom is 0.218 e. The first-order chi connectivity index (χ1) is 9.94. The topological polar surface area (TPSA) is 49.4 Å². The molecule has 2 heterocycles. The lowest BCUT2D eigenvalue weighted by molar-refractivity contribution is 0.383. The number of rotatable bonds is 3. The van der Waals surface area contributed by atoms with E-state index in [1.54, 1.807) is 22.5 Å². The third kappa shape index (κ3) is 4.08.